The predicted molar refractivity (Wildman–Crippen MR) is 134 cm³/mol. The van der Waals surface area contributed by atoms with E-state index in [1.807, 2.05) is 60.7 Å². The highest BCUT2D eigenvalue weighted by Crippen LogP contribution is 2.39. The van der Waals surface area contributed by atoms with E-state index in [1.54, 1.807) is 6.07 Å². The molecule has 0 saturated carbocycles. The number of nitrogens with one attached hydrogen (secondary N) is 2. The lowest BCUT2D eigenvalue weighted by molar-refractivity contribution is -0.137. The summed E-state index contributed by atoms with van der Waals surface area (Å²) in [4.78, 5) is 9.58. The molecule has 0 fully saturated rings. The van der Waals surface area contributed by atoms with Crippen LogP contribution in [-0.2, 0) is 6.18 Å². The van der Waals surface area contributed by atoms with Gasteiger partial charge in [0.05, 0.1) is 16.8 Å². The third-order valence-electron chi connectivity index (χ3n) is 5.38. The summed E-state index contributed by atoms with van der Waals surface area (Å²) in [5.41, 5.74) is 7.82. The topological polar surface area (TPSA) is 75.9 Å². The standard InChI is InChI=1S/C27H26F3N5/c28-27(29,30)22-13-7-12-21(18-22)24-23(19-8-3-1-4-9-19)26(33-17-16-32-15-14-31)35-25(34-24)20-10-5-2-6-11-20/h1-13,18,32H,14-17,31H2,(H,33,34,35). The SMILES string of the molecule is NCCNCCNc1nc(-c2ccccc2)nc(-c2cccc(C(F)(F)F)c2)c1-c1ccccc1. The lowest BCUT2D eigenvalue weighted by atomic mass is 9.97. The molecule has 0 saturated heterocycles. The molecule has 8 heteroatoms. The van der Waals surface area contributed by atoms with Crippen molar-refractivity contribution in [3.05, 3.63) is 90.5 Å². The minimum absolute atomic E-state index is 0.363. The molecule has 180 valence electrons. The third kappa shape index (κ3) is 6.03. The van der Waals surface area contributed by atoms with E-state index < -0.39 is 11.7 Å². The lowest BCUT2D eigenvalue weighted by Crippen LogP contribution is -2.27. The first-order chi connectivity index (χ1) is 17.0. The molecule has 4 rings (SSSR count). The molecule has 0 amide bonds. The summed E-state index contributed by atoms with van der Waals surface area (Å²) in [6, 6.07) is 24.1. The highest BCUT2D eigenvalue weighted by molar-refractivity contribution is 5.89. The van der Waals surface area contributed by atoms with Crippen LogP contribution >= 0.6 is 0 Å². The Kier molecular flexibility index (Phi) is 7.74. The van der Waals surface area contributed by atoms with Crippen LogP contribution in [0.2, 0.25) is 0 Å². The Balaban J connectivity index is 1.90. The van der Waals surface area contributed by atoms with Crippen molar-refractivity contribution < 1.29 is 13.2 Å². The van der Waals surface area contributed by atoms with Gasteiger partial charge in [-0.2, -0.15) is 13.2 Å². The average Bonchev–Trinajstić information content (AvgIpc) is 2.88. The van der Waals surface area contributed by atoms with E-state index in [0.29, 0.717) is 54.6 Å². The van der Waals surface area contributed by atoms with Gasteiger partial charge in [0, 0.05) is 37.3 Å². The van der Waals surface area contributed by atoms with Crippen molar-refractivity contribution in [1.29, 1.82) is 0 Å². The number of aromatic nitrogens is 2. The maximum atomic E-state index is 13.5. The molecule has 0 bridgehead atoms. The molecule has 1 aromatic heterocycles. The summed E-state index contributed by atoms with van der Waals surface area (Å²) in [5, 5.41) is 6.58. The largest absolute Gasteiger partial charge is 0.416 e. The van der Waals surface area contributed by atoms with Gasteiger partial charge in [-0.1, -0.05) is 72.8 Å². The molecule has 35 heavy (non-hydrogen) atoms. The van der Waals surface area contributed by atoms with E-state index in [0.717, 1.165) is 23.3 Å². The number of halogens is 3. The van der Waals surface area contributed by atoms with Gasteiger partial charge in [-0.05, 0) is 17.7 Å². The third-order valence-corrected chi connectivity index (χ3v) is 5.38. The van der Waals surface area contributed by atoms with Crippen LogP contribution in [-0.4, -0.2) is 36.1 Å². The average molecular weight is 478 g/mol. The first-order valence-corrected chi connectivity index (χ1v) is 11.3. The van der Waals surface area contributed by atoms with Crippen molar-refractivity contribution in [3.8, 4) is 33.8 Å². The van der Waals surface area contributed by atoms with Crippen LogP contribution in [0.4, 0.5) is 19.0 Å². The molecular formula is C27H26F3N5. The van der Waals surface area contributed by atoms with E-state index in [1.165, 1.54) is 6.07 Å². The molecule has 0 aliphatic carbocycles. The molecular weight excluding hydrogens is 451 g/mol. The van der Waals surface area contributed by atoms with Crippen LogP contribution in [0.1, 0.15) is 5.56 Å². The van der Waals surface area contributed by atoms with Crippen LogP contribution in [0.15, 0.2) is 84.9 Å². The normalized spacial score (nSPS) is 11.4. The Bertz CT molecular complexity index is 1240. The molecule has 3 aromatic carbocycles. The van der Waals surface area contributed by atoms with E-state index >= 15 is 0 Å². The van der Waals surface area contributed by atoms with Crippen molar-refractivity contribution in [3.63, 3.8) is 0 Å². The van der Waals surface area contributed by atoms with Gasteiger partial charge in [-0.25, -0.2) is 9.97 Å². The fourth-order valence-electron chi connectivity index (χ4n) is 3.73. The smallest absolute Gasteiger partial charge is 0.368 e. The quantitative estimate of drug-likeness (QED) is 0.279. The number of rotatable bonds is 9. The van der Waals surface area contributed by atoms with Gasteiger partial charge in [0.25, 0.3) is 0 Å². The second-order valence-electron chi connectivity index (χ2n) is 7.90. The first-order valence-electron chi connectivity index (χ1n) is 11.3. The second kappa shape index (κ2) is 11.1. The molecule has 0 spiro atoms. The second-order valence-corrected chi connectivity index (χ2v) is 7.90. The summed E-state index contributed by atoms with van der Waals surface area (Å²) in [6.07, 6.45) is -4.46. The van der Waals surface area contributed by atoms with E-state index in [2.05, 4.69) is 10.6 Å². The summed E-state index contributed by atoms with van der Waals surface area (Å²) in [7, 11) is 0. The molecule has 0 aliphatic heterocycles. The number of alkyl halides is 3. The Morgan fingerprint density at radius 3 is 2.03 bits per heavy atom. The zero-order valence-electron chi connectivity index (χ0n) is 19.0. The molecule has 4 N–H and O–H groups in total. The highest BCUT2D eigenvalue weighted by Gasteiger charge is 2.31. The van der Waals surface area contributed by atoms with Gasteiger partial charge in [0.2, 0.25) is 0 Å². The Hall–Kier alpha value is -3.75. The van der Waals surface area contributed by atoms with Crippen molar-refractivity contribution in [2.45, 2.75) is 6.18 Å². The highest BCUT2D eigenvalue weighted by atomic mass is 19.4. The summed E-state index contributed by atoms with van der Waals surface area (Å²) in [5.74, 6) is 0.974. The number of nitrogens with two attached hydrogens (primary N) is 1. The van der Waals surface area contributed by atoms with Crippen LogP contribution in [0, 0.1) is 0 Å². The predicted octanol–water partition coefficient (Wildman–Crippen LogP) is 5.46. The minimum Gasteiger partial charge on any atom is -0.368 e. The zero-order valence-corrected chi connectivity index (χ0v) is 19.0. The van der Waals surface area contributed by atoms with Crippen molar-refractivity contribution in [1.82, 2.24) is 15.3 Å². The zero-order chi connectivity index (χ0) is 24.7. The van der Waals surface area contributed by atoms with Gasteiger partial charge in [-0.3, -0.25) is 0 Å². The Morgan fingerprint density at radius 1 is 0.714 bits per heavy atom. The number of nitrogens with zero attached hydrogens (tertiary/aromatic N) is 2. The number of anilines is 1. The molecule has 0 radical (unpaired) electrons. The monoisotopic (exact) mass is 477 g/mol. The Labute approximate surface area is 202 Å². The molecule has 1 heterocycles. The van der Waals surface area contributed by atoms with Crippen LogP contribution in [0.3, 0.4) is 0 Å². The van der Waals surface area contributed by atoms with Crippen molar-refractivity contribution in [2.75, 3.05) is 31.5 Å². The van der Waals surface area contributed by atoms with Gasteiger partial charge < -0.3 is 16.4 Å². The van der Waals surface area contributed by atoms with Gasteiger partial charge >= 0.3 is 6.18 Å². The molecule has 0 atom stereocenters. The Morgan fingerprint density at radius 2 is 1.37 bits per heavy atom. The van der Waals surface area contributed by atoms with Crippen molar-refractivity contribution >= 4 is 5.82 Å². The number of benzene rings is 3. The molecule has 0 aliphatic rings. The first kappa shape index (κ1) is 24.4. The molecule has 4 aromatic rings. The van der Waals surface area contributed by atoms with E-state index in [-0.39, 0.29) is 0 Å². The maximum Gasteiger partial charge on any atom is 0.416 e. The number of hydrogen-bond donors (Lipinski definition) is 3. The summed E-state index contributed by atoms with van der Waals surface area (Å²) in [6.45, 7) is 2.41. The van der Waals surface area contributed by atoms with Gasteiger partial charge in [-0.15, -0.1) is 0 Å². The summed E-state index contributed by atoms with van der Waals surface area (Å²) >= 11 is 0. The molecule has 0 unspecified atom stereocenters. The fraction of sp³-hybridized carbons (Fsp3) is 0.185. The van der Waals surface area contributed by atoms with Crippen LogP contribution in [0.25, 0.3) is 33.8 Å². The molecule has 5 nitrogen and oxygen atoms in total. The van der Waals surface area contributed by atoms with E-state index in [4.69, 9.17) is 15.7 Å². The van der Waals surface area contributed by atoms with Crippen molar-refractivity contribution in [2.24, 2.45) is 5.73 Å². The lowest BCUT2D eigenvalue weighted by Gasteiger charge is -2.18. The maximum absolute atomic E-state index is 13.5. The number of hydrogen-bond acceptors (Lipinski definition) is 5. The fourth-order valence-corrected chi connectivity index (χ4v) is 3.73. The van der Waals surface area contributed by atoms with Crippen LogP contribution < -0.4 is 16.4 Å². The van der Waals surface area contributed by atoms with E-state index in [9.17, 15) is 13.2 Å². The minimum atomic E-state index is -4.46. The van der Waals surface area contributed by atoms with Gasteiger partial charge in [0.15, 0.2) is 5.82 Å². The summed E-state index contributed by atoms with van der Waals surface area (Å²) < 4.78 is 40.6. The van der Waals surface area contributed by atoms with Gasteiger partial charge in [0.1, 0.15) is 5.82 Å². The van der Waals surface area contributed by atoms with Crippen LogP contribution in [0.5, 0.6) is 0 Å².